The Balaban J connectivity index is 2.38. The fourth-order valence-electron chi connectivity index (χ4n) is 1.64. The van der Waals surface area contributed by atoms with Gasteiger partial charge < -0.3 is 0 Å². The molecule has 0 aliphatic rings. The summed E-state index contributed by atoms with van der Waals surface area (Å²) in [6.45, 7) is 4.14. The Morgan fingerprint density at radius 1 is 1.53 bits per heavy atom. The van der Waals surface area contributed by atoms with Crippen LogP contribution < -0.4 is 4.90 Å². The van der Waals surface area contributed by atoms with Gasteiger partial charge in [0.2, 0.25) is 0 Å². The van der Waals surface area contributed by atoms with Crippen molar-refractivity contribution >= 4 is 38.3 Å². The van der Waals surface area contributed by atoms with Gasteiger partial charge in [-0.15, -0.1) is 11.3 Å². The Kier molecular flexibility index (Phi) is 4.31. The van der Waals surface area contributed by atoms with Crippen LogP contribution in [0.3, 0.4) is 0 Å². The van der Waals surface area contributed by atoms with Crippen LogP contribution in [0.5, 0.6) is 0 Å². The SMILES string of the molecule is CCN(C(=O)c1cc(Br)ccc1F)c1nc(C)cs1. The van der Waals surface area contributed by atoms with Gasteiger partial charge in [0.15, 0.2) is 5.13 Å². The summed E-state index contributed by atoms with van der Waals surface area (Å²) < 4.78 is 14.4. The van der Waals surface area contributed by atoms with E-state index in [-0.39, 0.29) is 11.5 Å². The highest BCUT2D eigenvalue weighted by Crippen LogP contribution is 2.24. The van der Waals surface area contributed by atoms with Crippen molar-refractivity contribution in [2.24, 2.45) is 0 Å². The third kappa shape index (κ3) is 3.01. The summed E-state index contributed by atoms with van der Waals surface area (Å²) in [5, 5.41) is 2.45. The Labute approximate surface area is 123 Å². The van der Waals surface area contributed by atoms with Crippen LogP contribution >= 0.6 is 27.3 Å². The highest BCUT2D eigenvalue weighted by atomic mass is 79.9. The first-order valence-corrected chi connectivity index (χ1v) is 7.39. The number of hydrogen-bond donors (Lipinski definition) is 0. The average Bonchev–Trinajstić information content (AvgIpc) is 2.79. The molecule has 0 aliphatic carbocycles. The summed E-state index contributed by atoms with van der Waals surface area (Å²) in [5.41, 5.74) is 0.894. The van der Waals surface area contributed by atoms with Crippen LogP contribution in [0.4, 0.5) is 9.52 Å². The number of halogens is 2. The second-order valence-electron chi connectivity index (χ2n) is 3.95. The van der Waals surface area contributed by atoms with Gasteiger partial charge in [0.25, 0.3) is 5.91 Å². The van der Waals surface area contributed by atoms with Crippen molar-refractivity contribution in [1.29, 1.82) is 0 Å². The molecule has 100 valence electrons. The second-order valence-corrected chi connectivity index (χ2v) is 5.70. The van der Waals surface area contributed by atoms with Crippen molar-refractivity contribution in [2.75, 3.05) is 11.4 Å². The van der Waals surface area contributed by atoms with Crippen molar-refractivity contribution < 1.29 is 9.18 Å². The molecule has 2 aromatic rings. The first-order valence-electron chi connectivity index (χ1n) is 5.72. The molecule has 0 fully saturated rings. The van der Waals surface area contributed by atoms with Gasteiger partial charge in [-0.05, 0) is 32.0 Å². The number of aryl methyl sites for hydroxylation is 1. The van der Waals surface area contributed by atoms with Crippen LogP contribution in [0.1, 0.15) is 23.0 Å². The van der Waals surface area contributed by atoms with E-state index in [2.05, 4.69) is 20.9 Å². The topological polar surface area (TPSA) is 33.2 Å². The predicted molar refractivity (Wildman–Crippen MR) is 78.3 cm³/mol. The van der Waals surface area contributed by atoms with Gasteiger partial charge in [-0.1, -0.05) is 15.9 Å². The molecule has 0 radical (unpaired) electrons. The summed E-state index contributed by atoms with van der Waals surface area (Å²) in [5.74, 6) is -0.907. The molecule has 1 aromatic heterocycles. The van der Waals surface area contributed by atoms with Gasteiger partial charge in [0.05, 0.1) is 11.3 Å². The van der Waals surface area contributed by atoms with Crippen molar-refractivity contribution in [1.82, 2.24) is 4.98 Å². The number of thiazole rings is 1. The number of anilines is 1. The van der Waals surface area contributed by atoms with Crippen molar-refractivity contribution in [3.05, 3.63) is 45.1 Å². The number of nitrogens with zero attached hydrogens (tertiary/aromatic N) is 2. The fraction of sp³-hybridized carbons (Fsp3) is 0.231. The van der Waals surface area contributed by atoms with Gasteiger partial charge in [-0.2, -0.15) is 0 Å². The molecular weight excluding hydrogens is 331 g/mol. The molecule has 0 saturated carbocycles. The van der Waals surface area contributed by atoms with Crippen LogP contribution in [0.15, 0.2) is 28.1 Å². The molecule has 1 amide bonds. The molecule has 19 heavy (non-hydrogen) atoms. The molecular formula is C13H12BrFN2OS. The van der Waals surface area contributed by atoms with Crippen LogP contribution in [-0.4, -0.2) is 17.4 Å². The highest BCUT2D eigenvalue weighted by molar-refractivity contribution is 9.10. The summed E-state index contributed by atoms with van der Waals surface area (Å²) in [6, 6.07) is 4.33. The van der Waals surface area contributed by atoms with E-state index >= 15 is 0 Å². The molecule has 0 spiro atoms. The van der Waals surface area contributed by atoms with E-state index in [4.69, 9.17) is 0 Å². The highest BCUT2D eigenvalue weighted by Gasteiger charge is 2.21. The Morgan fingerprint density at radius 3 is 2.84 bits per heavy atom. The maximum Gasteiger partial charge on any atom is 0.263 e. The molecule has 0 saturated heterocycles. The number of carbonyl (C=O) groups excluding carboxylic acids is 1. The number of aromatic nitrogens is 1. The largest absolute Gasteiger partial charge is 0.284 e. The van der Waals surface area contributed by atoms with Crippen molar-refractivity contribution in [3.8, 4) is 0 Å². The zero-order chi connectivity index (χ0) is 14.0. The van der Waals surface area contributed by atoms with E-state index in [0.717, 1.165) is 5.69 Å². The number of amides is 1. The van der Waals surface area contributed by atoms with E-state index in [0.29, 0.717) is 16.1 Å². The standard InChI is InChI=1S/C13H12BrFN2OS/c1-3-17(13-16-8(2)7-19-13)12(18)10-6-9(14)4-5-11(10)15/h4-7H,3H2,1-2H3. The summed E-state index contributed by atoms with van der Waals surface area (Å²) >= 11 is 4.62. The number of hydrogen-bond acceptors (Lipinski definition) is 3. The average molecular weight is 343 g/mol. The normalized spacial score (nSPS) is 10.5. The molecule has 0 bridgehead atoms. The van der Waals surface area contributed by atoms with Gasteiger partial charge in [-0.25, -0.2) is 9.37 Å². The quantitative estimate of drug-likeness (QED) is 0.843. The lowest BCUT2D eigenvalue weighted by atomic mass is 10.2. The van der Waals surface area contributed by atoms with E-state index in [1.807, 2.05) is 19.2 Å². The van der Waals surface area contributed by atoms with E-state index in [1.54, 1.807) is 6.07 Å². The zero-order valence-electron chi connectivity index (χ0n) is 10.5. The van der Waals surface area contributed by atoms with Gasteiger partial charge in [-0.3, -0.25) is 9.69 Å². The molecule has 1 aromatic carbocycles. The zero-order valence-corrected chi connectivity index (χ0v) is 12.9. The minimum absolute atomic E-state index is 0.0454. The molecule has 0 aliphatic heterocycles. The molecule has 1 heterocycles. The smallest absolute Gasteiger partial charge is 0.263 e. The maximum absolute atomic E-state index is 13.8. The Morgan fingerprint density at radius 2 is 2.26 bits per heavy atom. The molecule has 0 N–H and O–H groups in total. The molecule has 2 rings (SSSR count). The van der Waals surface area contributed by atoms with Crippen LogP contribution in [0, 0.1) is 12.7 Å². The van der Waals surface area contributed by atoms with Crippen molar-refractivity contribution in [2.45, 2.75) is 13.8 Å². The number of rotatable bonds is 3. The molecule has 3 nitrogen and oxygen atoms in total. The lowest BCUT2D eigenvalue weighted by molar-refractivity contribution is 0.0984. The van der Waals surface area contributed by atoms with Gasteiger partial charge >= 0.3 is 0 Å². The number of benzene rings is 1. The monoisotopic (exact) mass is 342 g/mol. The van der Waals surface area contributed by atoms with Crippen molar-refractivity contribution in [3.63, 3.8) is 0 Å². The Bertz CT molecular complexity index is 614. The third-order valence-electron chi connectivity index (χ3n) is 2.56. The molecule has 0 atom stereocenters. The lowest BCUT2D eigenvalue weighted by Gasteiger charge is -2.18. The van der Waals surface area contributed by atoms with Gasteiger partial charge in [0.1, 0.15) is 5.82 Å². The first-order chi connectivity index (χ1) is 9.02. The maximum atomic E-state index is 13.8. The second kappa shape index (κ2) is 5.79. The van der Waals surface area contributed by atoms with E-state index in [9.17, 15) is 9.18 Å². The minimum Gasteiger partial charge on any atom is -0.284 e. The van der Waals surface area contributed by atoms with Gasteiger partial charge in [0, 0.05) is 16.4 Å². The fourth-order valence-corrected chi connectivity index (χ4v) is 2.86. The summed E-state index contributed by atoms with van der Waals surface area (Å²) in [4.78, 5) is 18.1. The van der Waals surface area contributed by atoms with Crippen LogP contribution in [0.2, 0.25) is 0 Å². The third-order valence-corrected chi connectivity index (χ3v) is 4.03. The molecule has 6 heteroatoms. The predicted octanol–water partition coefficient (Wildman–Crippen LogP) is 4.02. The summed E-state index contributed by atoms with van der Waals surface area (Å²) in [6.07, 6.45) is 0. The summed E-state index contributed by atoms with van der Waals surface area (Å²) in [7, 11) is 0. The number of carbonyl (C=O) groups is 1. The van der Waals surface area contributed by atoms with E-state index < -0.39 is 5.82 Å². The van der Waals surface area contributed by atoms with E-state index in [1.165, 1.54) is 28.4 Å². The van der Waals surface area contributed by atoms with Crippen LogP contribution in [-0.2, 0) is 0 Å². The minimum atomic E-state index is -0.528. The van der Waals surface area contributed by atoms with Crippen LogP contribution in [0.25, 0.3) is 0 Å². The molecule has 0 unspecified atom stereocenters. The lowest BCUT2D eigenvalue weighted by Crippen LogP contribution is -2.31. The first kappa shape index (κ1) is 14.1. The Hall–Kier alpha value is -1.27.